The van der Waals surface area contributed by atoms with E-state index in [1.54, 1.807) is 29.6 Å². The Bertz CT molecular complexity index is 1180. The highest BCUT2D eigenvalue weighted by molar-refractivity contribution is 5.75. The van der Waals surface area contributed by atoms with Crippen molar-refractivity contribution >= 4 is 23.2 Å². The van der Waals surface area contributed by atoms with E-state index in [1.165, 1.54) is 6.07 Å². The lowest BCUT2D eigenvalue weighted by molar-refractivity contribution is -0.0267. The third-order valence-electron chi connectivity index (χ3n) is 5.89. The Morgan fingerprint density at radius 3 is 2.27 bits per heavy atom. The maximum atomic E-state index is 13.0. The predicted molar refractivity (Wildman–Crippen MR) is 135 cm³/mol. The number of piperazine rings is 1. The Labute approximate surface area is 212 Å². The number of allylic oxidation sites excluding steroid dienone is 1. The minimum absolute atomic E-state index is 0.276. The summed E-state index contributed by atoms with van der Waals surface area (Å²) < 4.78 is 49.7. The van der Waals surface area contributed by atoms with Crippen LogP contribution in [0, 0.1) is 11.9 Å². The predicted octanol–water partition coefficient (Wildman–Crippen LogP) is 3.96. The second-order valence-corrected chi connectivity index (χ2v) is 8.73. The number of nitrogens with one attached hydrogen (secondary N) is 2. The number of aromatic nitrogens is 4. The molecular weight excluding hydrogens is 488 g/mol. The van der Waals surface area contributed by atoms with Gasteiger partial charge in [0.2, 0.25) is 11.9 Å². The van der Waals surface area contributed by atoms with Gasteiger partial charge < -0.3 is 20.4 Å². The number of halogens is 4. The summed E-state index contributed by atoms with van der Waals surface area (Å²) in [6, 6.07) is 7.43. The Balaban J connectivity index is 0.000000342. The van der Waals surface area contributed by atoms with Crippen LogP contribution in [0.1, 0.15) is 19.4 Å². The van der Waals surface area contributed by atoms with E-state index in [2.05, 4.69) is 42.4 Å². The first-order chi connectivity index (χ1) is 17.7. The van der Waals surface area contributed by atoms with Crippen LogP contribution in [-0.2, 0) is 0 Å². The summed E-state index contributed by atoms with van der Waals surface area (Å²) in [5.74, 6) is -2.12. The van der Waals surface area contributed by atoms with Crippen LogP contribution in [0.15, 0.2) is 55.0 Å². The van der Waals surface area contributed by atoms with Gasteiger partial charge in [-0.25, -0.2) is 23.7 Å². The van der Waals surface area contributed by atoms with Crippen molar-refractivity contribution in [1.29, 1.82) is 0 Å². The van der Waals surface area contributed by atoms with Crippen molar-refractivity contribution in [3.63, 3.8) is 0 Å². The molecular formula is C25H28F4N8. The molecule has 2 N–H and O–H groups in total. The minimum Gasteiger partial charge on any atom is -0.350 e. The first-order valence-corrected chi connectivity index (χ1v) is 11.8. The monoisotopic (exact) mass is 516 g/mol. The van der Waals surface area contributed by atoms with Gasteiger partial charge in [-0.3, -0.25) is 0 Å². The summed E-state index contributed by atoms with van der Waals surface area (Å²) in [6.45, 7) is 6.30. The topological polar surface area (TPSA) is 82.1 Å². The molecule has 8 nitrogen and oxygen atoms in total. The van der Waals surface area contributed by atoms with Crippen LogP contribution in [0.3, 0.4) is 0 Å². The van der Waals surface area contributed by atoms with Crippen LogP contribution in [-0.4, -0.2) is 64.6 Å². The summed E-state index contributed by atoms with van der Waals surface area (Å²) >= 11 is 0. The summed E-state index contributed by atoms with van der Waals surface area (Å²) in [4.78, 5) is 20.0. The van der Waals surface area contributed by atoms with Crippen molar-refractivity contribution < 1.29 is 17.6 Å². The molecule has 3 aromatic rings. The van der Waals surface area contributed by atoms with Crippen molar-refractivity contribution in [3.05, 3.63) is 72.5 Å². The number of hydrogen-bond donors (Lipinski definition) is 2. The van der Waals surface area contributed by atoms with Gasteiger partial charge in [0.15, 0.2) is 0 Å². The maximum Gasteiger partial charge on any atom is 0.282 e. The zero-order valence-electron chi connectivity index (χ0n) is 20.5. The molecule has 5 rings (SSSR count). The number of alkyl halides is 2. The van der Waals surface area contributed by atoms with E-state index in [9.17, 15) is 17.6 Å². The Kier molecular flexibility index (Phi) is 8.17. The molecule has 2 aliphatic rings. The van der Waals surface area contributed by atoms with Crippen LogP contribution in [0.25, 0.3) is 5.70 Å². The normalized spacial score (nSPS) is 19.0. The summed E-state index contributed by atoms with van der Waals surface area (Å²) in [5, 5.41) is 6.62. The van der Waals surface area contributed by atoms with Gasteiger partial charge in [-0.2, -0.15) is 13.8 Å². The van der Waals surface area contributed by atoms with Crippen molar-refractivity contribution in [3.8, 4) is 0 Å². The van der Waals surface area contributed by atoms with Crippen molar-refractivity contribution in [1.82, 2.24) is 25.3 Å². The van der Waals surface area contributed by atoms with Crippen LogP contribution in [0.4, 0.5) is 35.0 Å². The molecule has 0 spiro atoms. The maximum absolute atomic E-state index is 13.0. The summed E-state index contributed by atoms with van der Waals surface area (Å²) in [5.41, 5.74) is 1.68. The molecule has 2 fully saturated rings. The van der Waals surface area contributed by atoms with Gasteiger partial charge in [0.25, 0.3) is 5.92 Å². The standard InChI is InChI=1S/C20H25F2N7.C5H3F2N/c1-3-16(15-4-5-18(25-9-15)28-12-20(21,22)13-28)27-17-10-26-19(11-24-17)29-7-6-23-8-14(29)2;6-4-2-1-3-5(7)8-4/h3-5,9-11,14,23H,6-8,12-13H2,1-2H3,(H,24,27);1-3H/b16-3+;/t14-;/m0./s1. The first kappa shape index (κ1) is 26.3. The Morgan fingerprint density at radius 1 is 1.03 bits per heavy atom. The van der Waals surface area contributed by atoms with Crippen LogP contribution < -0.4 is 20.4 Å². The number of hydrogen-bond acceptors (Lipinski definition) is 8. The van der Waals surface area contributed by atoms with Crippen LogP contribution >= 0.6 is 0 Å². The molecule has 2 saturated heterocycles. The van der Waals surface area contributed by atoms with E-state index >= 15 is 0 Å². The zero-order valence-corrected chi connectivity index (χ0v) is 20.5. The fourth-order valence-electron chi connectivity index (χ4n) is 3.95. The van der Waals surface area contributed by atoms with Crippen molar-refractivity contribution in [2.75, 3.05) is 47.8 Å². The number of rotatable bonds is 5. The number of pyridine rings is 2. The molecule has 3 aromatic heterocycles. The van der Waals surface area contributed by atoms with Gasteiger partial charge in [0, 0.05) is 43.1 Å². The molecule has 5 heterocycles. The molecule has 0 aliphatic carbocycles. The number of anilines is 3. The highest BCUT2D eigenvalue weighted by Gasteiger charge is 2.44. The van der Waals surface area contributed by atoms with Gasteiger partial charge in [-0.15, -0.1) is 0 Å². The SMILES string of the molecule is C/C=C(/Nc1cnc(N2CCNC[C@@H]2C)cn1)c1ccc(N2CC(F)(F)C2)nc1.Fc1cccc(F)n1. The highest BCUT2D eigenvalue weighted by Crippen LogP contribution is 2.31. The summed E-state index contributed by atoms with van der Waals surface area (Å²) in [7, 11) is 0. The fraction of sp³-hybridized carbons (Fsp3) is 0.360. The van der Waals surface area contributed by atoms with E-state index in [1.807, 2.05) is 19.1 Å². The molecule has 1 atom stereocenters. The molecule has 2 aliphatic heterocycles. The van der Waals surface area contributed by atoms with Crippen LogP contribution in [0.2, 0.25) is 0 Å². The van der Waals surface area contributed by atoms with E-state index in [4.69, 9.17) is 0 Å². The molecule has 0 radical (unpaired) electrons. The second kappa shape index (κ2) is 11.5. The smallest absolute Gasteiger partial charge is 0.282 e. The third-order valence-corrected chi connectivity index (χ3v) is 5.89. The van der Waals surface area contributed by atoms with Crippen molar-refractivity contribution in [2.45, 2.75) is 25.8 Å². The van der Waals surface area contributed by atoms with Gasteiger partial charge in [-0.1, -0.05) is 12.1 Å². The molecule has 0 saturated carbocycles. The fourth-order valence-corrected chi connectivity index (χ4v) is 3.95. The van der Waals surface area contributed by atoms with Gasteiger partial charge in [0.05, 0.1) is 25.5 Å². The van der Waals surface area contributed by atoms with Gasteiger partial charge >= 0.3 is 0 Å². The Morgan fingerprint density at radius 2 is 1.76 bits per heavy atom. The molecule has 12 heteroatoms. The van der Waals surface area contributed by atoms with Crippen LogP contribution in [0.5, 0.6) is 0 Å². The molecule has 0 aromatic carbocycles. The quantitative estimate of drug-likeness (QED) is 0.390. The average Bonchev–Trinajstić information content (AvgIpc) is 2.87. The zero-order chi connectivity index (χ0) is 26.4. The van der Waals surface area contributed by atoms with Gasteiger partial charge in [0.1, 0.15) is 17.5 Å². The lowest BCUT2D eigenvalue weighted by atomic mass is 10.1. The molecule has 0 amide bonds. The molecule has 196 valence electrons. The third kappa shape index (κ3) is 6.91. The largest absolute Gasteiger partial charge is 0.350 e. The lowest BCUT2D eigenvalue weighted by Crippen LogP contribution is -2.56. The molecule has 0 unspecified atom stereocenters. The van der Waals surface area contributed by atoms with Crippen molar-refractivity contribution in [2.24, 2.45) is 0 Å². The summed E-state index contributed by atoms with van der Waals surface area (Å²) in [6.07, 6.45) is 7.10. The number of nitrogens with zero attached hydrogens (tertiary/aromatic N) is 6. The van der Waals surface area contributed by atoms with Gasteiger partial charge in [-0.05, 0) is 38.1 Å². The lowest BCUT2D eigenvalue weighted by Gasteiger charge is -2.39. The second-order valence-electron chi connectivity index (χ2n) is 8.73. The Hall–Kier alpha value is -3.80. The first-order valence-electron chi connectivity index (χ1n) is 11.8. The molecule has 37 heavy (non-hydrogen) atoms. The average molecular weight is 517 g/mol. The van der Waals surface area contributed by atoms with E-state index in [0.717, 1.165) is 48.8 Å². The minimum atomic E-state index is -2.61. The van der Waals surface area contributed by atoms with E-state index in [0.29, 0.717) is 17.7 Å². The highest BCUT2D eigenvalue weighted by atomic mass is 19.3. The molecule has 0 bridgehead atoms. The van der Waals surface area contributed by atoms with E-state index in [-0.39, 0.29) is 13.1 Å². The van der Waals surface area contributed by atoms with E-state index < -0.39 is 17.8 Å².